The number of carbonyl (C=O) groups is 3. The van der Waals surface area contributed by atoms with E-state index in [2.05, 4.69) is 15.7 Å². The monoisotopic (exact) mass is 545 g/mol. The number of non-ortho nitro benzene ring substituents is 1. The third-order valence-corrected chi connectivity index (χ3v) is 5.74. The fourth-order valence-electron chi connectivity index (χ4n) is 3.29. The highest BCUT2D eigenvalue weighted by atomic mass is 35.5. The minimum Gasteiger partial charge on any atom is -0.322 e. The van der Waals surface area contributed by atoms with Crippen LogP contribution in [0.25, 0.3) is 0 Å². The minimum absolute atomic E-state index is 0.0763. The molecule has 4 rings (SSSR count). The van der Waals surface area contributed by atoms with Gasteiger partial charge in [-0.2, -0.15) is 10.1 Å². The van der Waals surface area contributed by atoms with E-state index in [1.165, 1.54) is 48.5 Å². The number of hydrazone groups is 1. The number of carbonyl (C=O) groups excluding carboxylic acids is 3. The average Bonchev–Trinajstić information content (AvgIpc) is 3.17. The fraction of sp³-hybridized carbons (Fsp3) is 0.0435. The van der Waals surface area contributed by atoms with E-state index in [0.29, 0.717) is 10.7 Å². The van der Waals surface area contributed by atoms with Gasteiger partial charge in [-0.1, -0.05) is 40.9 Å². The van der Waals surface area contributed by atoms with Gasteiger partial charge in [-0.25, -0.2) is 0 Å². The number of nitro groups is 1. The van der Waals surface area contributed by atoms with Crippen molar-refractivity contribution in [1.82, 2.24) is 5.32 Å². The first-order valence-electron chi connectivity index (χ1n) is 10.1. The van der Waals surface area contributed by atoms with Crippen molar-refractivity contribution in [2.75, 3.05) is 10.3 Å². The van der Waals surface area contributed by atoms with Crippen molar-refractivity contribution < 1.29 is 19.3 Å². The van der Waals surface area contributed by atoms with Gasteiger partial charge in [0.25, 0.3) is 23.4 Å². The largest absolute Gasteiger partial charge is 0.322 e. The molecule has 0 spiro atoms. The maximum Gasteiger partial charge on any atom is 0.269 e. The zero-order valence-corrected chi connectivity index (χ0v) is 20.3. The molecule has 0 saturated heterocycles. The first-order chi connectivity index (χ1) is 17.1. The molecule has 3 aromatic carbocycles. The second-order valence-corrected chi connectivity index (χ2v) is 8.69. The summed E-state index contributed by atoms with van der Waals surface area (Å²) in [6.45, 7) is 0. The van der Waals surface area contributed by atoms with Crippen LogP contribution in [0.1, 0.15) is 27.1 Å². The van der Waals surface area contributed by atoms with E-state index in [1.807, 2.05) is 0 Å². The quantitative estimate of drug-likeness (QED) is 0.331. The van der Waals surface area contributed by atoms with Gasteiger partial charge in [0, 0.05) is 34.0 Å². The van der Waals surface area contributed by atoms with Crippen LogP contribution in [-0.4, -0.2) is 28.5 Å². The normalized spacial score (nSPS) is 12.8. The van der Waals surface area contributed by atoms with E-state index in [-0.39, 0.29) is 44.8 Å². The Hall–Kier alpha value is -3.99. The molecular formula is C23H14Cl3N5O5. The van der Waals surface area contributed by atoms with E-state index in [4.69, 9.17) is 34.8 Å². The number of hydrogen-bond donors (Lipinski definition) is 2. The lowest BCUT2D eigenvalue weighted by atomic mass is 10.1. The molecule has 13 heteroatoms. The Morgan fingerprint density at radius 2 is 1.56 bits per heavy atom. The Kier molecular flexibility index (Phi) is 7.20. The van der Waals surface area contributed by atoms with Gasteiger partial charge in [0.05, 0.1) is 21.4 Å². The molecule has 2 N–H and O–H groups in total. The van der Waals surface area contributed by atoms with Crippen LogP contribution in [0.15, 0.2) is 65.8 Å². The minimum atomic E-state index is -0.567. The Morgan fingerprint density at radius 1 is 0.917 bits per heavy atom. The average molecular weight is 547 g/mol. The summed E-state index contributed by atoms with van der Waals surface area (Å²) in [4.78, 5) is 47.9. The summed E-state index contributed by atoms with van der Waals surface area (Å²) in [5, 5.41) is 21.6. The molecule has 0 atom stereocenters. The summed E-state index contributed by atoms with van der Waals surface area (Å²) in [5.74, 6) is -1.46. The van der Waals surface area contributed by atoms with Crippen LogP contribution in [0.3, 0.4) is 0 Å². The smallest absolute Gasteiger partial charge is 0.269 e. The number of halogens is 3. The number of amidine groups is 1. The molecule has 3 aromatic rings. The molecule has 182 valence electrons. The standard InChI is InChI=1S/C23H14Cl3N5O5/c24-14-9-17(25)21(18(26)10-14)30-20(32)11-19(29-30)28-23(34)13-2-1-3-15(8-13)27-22(33)12-4-6-16(7-5-12)31(35)36/h1-10H,11H2,(H,27,33)(H,28,29,34). The fourth-order valence-corrected chi connectivity index (χ4v) is 4.27. The van der Waals surface area contributed by atoms with Crippen LogP contribution in [-0.2, 0) is 4.79 Å². The van der Waals surface area contributed by atoms with Crippen LogP contribution in [0.2, 0.25) is 15.1 Å². The zero-order valence-electron chi connectivity index (χ0n) is 18.0. The van der Waals surface area contributed by atoms with Gasteiger partial charge in [0.1, 0.15) is 11.5 Å². The first-order valence-corrected chi connectivity index (χ1v) is 11.3. The SMILES string of the molecule is O=C(NC1=NN(c2c(Cl)cc(Cl)cc2Cl)C(=O)C1)c1cccc(NC(=O)c2ccc([N+](=O)[O-])cc2)c1. The lowest BCUT2D eigenvalue weighted by Crippen LogP contribution is -2.29. The summed E-state index contributed by atoms with van der Waals surface area (Å²) < 4.78 is 0. The first kappa shape index (κ1) is 25.1. The molecule has 0 bridgehead atoms. The Labute approximate surface area is 218 Å². The van der Waals surface area contributed by atoms with Gasteiger partial charge in [0.2, 0.25) is 0 Å². The summed E-state index contributed by atoms with van der Waals surface area (Å²) in [6, 6.07) is 14.0. The highest BCUT2D eigenvalue weighted by Gasteiger charge is 2.30. The number of hydrogen-bond acceptors (Lipinski definition) is 6. The molecule has 3 amide bonds. The van der Waals surface area contributed by atoms with Crippen molar-refractivity contribution in [3.05, 3.63) is 97.0 Å². The van der Waals surface area contributed by atoms with Gasteiger partial charge >= 0.3 is 0 Å². The third kappa shape index (κ3) is 5.46. The van der Waals surface area contributed by atoms with Crippen LogP contribution in [0.5, 0.6) is 0 Å². The molecule has 0 saturated carbocycles. The van der Waals surface area contributed by atoms with E-state index in [9.17, 15) is 24.5 Å². The number of amides is 3. The number of benzene rings is 3. The Morgan fingerprint density at radius 3 is 2.19 bits per heavy atom. The van der Waals surface area contributed by atoms with Crippen molar-refractivity contribution in [3.63, 3.8) is 0 Å². The van der Waals surface area contributed by atoms with Gasteiger partial charge in [0.15, 0.2) is 0 Å². The summed E-state index contributed by atoms with van der Waals surface area (Å²) in [7, 11) is 0. The van der Waals surface area contributed by atoms with Crippen LogP contribution >= 0.6 is 34.8 Å². The van der Waals surface area contributed by atoms with Crippen molar-refractivity contribution in [1.29, 1.82) is 0 Å². The van der Waals surface area contributed by atoms with Gasteiger partial charge < -0.3 is 10.6 Å². The maximum atomic E-state index is 12.8. The van der Waals surface area contributed by atoms with E-state index in [0.717, 1.165) is 5.01 Å². The van der Waals surface area contributed by atoms with E-state index >= 15 is 0 Å². The molecule has 1 heterocycles. The van der Waals surface area contributed by atoms with Crippen molar-refractivity contribution >= 4 is 75.4 Å². The number of rotatable bonds is 5. The highest BCUT2D eigenvalue weighted by Crippen LogP contribution is 2.38. The third-order valence-electron chi connectivity index (χ3n) is 4.95. The van der Waals surface area contributed by atoms with Gasteiger partial charge in [-0.3, -0.25) is 24.5 Å². The Balaban J connectivity index is 1.46. The summed E-state index contributed by atoms with van der Waals surface area (Å²) in [5.41, 5.74) is 0.712. The molecule has 1 aliphatic heterocycles. The molecule has 10 nitrogen and oxygen atoms in total. The maximum absolute atomic E-state index is 12.8. The summed E-state index contributed by atoms with van der Waals surface area (Å²) in [6.07, 6.45) is -0.197. The molecule has 1 aliphatic rings. The van der Waals surface area contributed by atoms with E-state index in [1.54, 1.807) is 12.1 Å². The van der Waals surface area contributed by atoms with E-state index < -0.39 is 22.6 Å². The summed E-state index contributed by atoms with van der Waals surface area (Å²) >= 11 is 18.3. The van der Waals surface area contributed by atoms with Crippen LogP contribution in [0.4, 0.5) is 17.1 Å². The number of nitrogens with one attached hydrogen (secondary N) is 2. The molecule has 36 heavy (non-hydrogen) atoms. The lowest BCUT2D eigenvalue weighted by molar-refractivity contribution is -0.384. The number of anilines is 2. The van der Waals surface area contributed by atoms with Gasteiger partial charge in [-0.15, -0.1) is 0 Å². The highest BCUT2D eigenvalue weighted by molar-refractivity contribution is 6.42. The topological polar surface area (TPSA) is 134 Å². The van der Waals surface area contributed by atoms with Crippen LogP contribution in [0, 0.1) is 10.1 Å². The number of nitro benzene ring substituents is 1. The second-order valence-electron chi connectivity index (χ2n) is 7.44. The van der Waals surface area contributed by atoms with Crippen molar-refractivity contribution in [2.45, 2.75) is 6.42 Å². The molecule has 0 aromatic heterocycles. The van der Waals surface area contributed by atoms with Crippen molar-refractivity contribution in [2.24, 2.45) is 5.10 Å². The predicted octanol–water partition coefficient (Wildman–Crippen LogP) is 5.29. The second kappa shape index (κ2) is 10.3. The lowest BCUT2D eigenvalue weighted by Gasteiger charge is -2.15. The number of nitrogens with zero attached hydrogens (tertiary/aromatic N) is 3. The predicted molar refractivity (Wildman–Crippen MR) is 136 cm³/mol. The molecular weight excluding hydrogens is 533 g/mol. The van der Waals surface area contributed by atoms with Crippen LogP contribution < -0.4 is 15.6 Å². The van der Waals surface area contributed by atoms with Crippen molar-refractivity contribution in [3.8, 4) is 0 Å². The zero-order chi connectivity index (χ0) is 26.0. The molecule has 0 unspecified atom stereocenters. The molecule has 0 radical (unpaired) electrons. The molecule has 0 aliphatic carbocycles. The Bertz CT molecular complexity index is 1420. The molecule has 0 fully saturated rings. The van der Waals surface area contributed by atoms with Gasteiger partial charge in [-0.05, 0) is 42.5 Å².